The molecule has 0 N–H and O–H groups in total. The van der Waals surface area contributed by atoms with E-state index in [2.05, 4.69) is 16.8 Å². The first-order chi connectivity index (χ1) is 13.9. The molecule has 8 heteroatoms. The lowest BCUT2D eigenvalue weighted by Crippen LogP contribution is -2.49. The van der Waals surface area contributed by atoms with Crippen LogP contribution in [-0.4, -0.2) is 63.7 Å². The molecule has 0 radical (unpaired) electrons. The van der Waals surface area contributed by atoms with Gasteiger partial charge >= 0.3 is 0 Å². The van der Waals surface area contributed by atoms with E-state index >= 15 is 0 Å². The molecule has 2 aromatic rings. The number of carbonyl (C=O) groups excluding carboxylic acids is 1. The molecule has 1 aliphatic heterocycles. The van der Waals surface area contributed by atoms with Crippen LogP contribution >= 0.6 is 11.8 Å². The van der Waals surface area contributed by atoms with Gasteiger partial charge in [0.15, 0.2) is 5.16 Å². The number of halogens is 1. The molecule has 0 bridgehead atoms. The number of carbonyl (C=O) groups is 1. The van der Waals surface area contributed by atoms with Crippen LogP contribution in [0.25, 0.3) is 0 Å². The summed E-state index contributed by atoms with van der Waals surface area (Å²) in [5.74, 6) is 0.0421. The van der Waals surface area contributed by atoms with Crippen molar-refractivity contribution in [1.29, 1.82) is 0 Å². The van der Waals surface area contributed by atoms with Crippen LogP contribution in [0.15, 0.2) is 34.2 Å². The first-order valence-electron chi connectivity index (χ1n) is 9.83. The molecule has 1 aliphatic rings. The SMILES string of the molecule is CCN1CCN(C(=O)CSc2nc(C)c(Cc3ccc(F)cc3)c(=O)n2C)CC1. The van der Waals surface area contributed by atoms with Crippen LogP contribution in [0.3, 0.4) is 0 Å². The van der Waals surface area contributed by atoms with E-state index in [1.807, 2.05) is 4.90 Å². The van der Waals surface area contributed by atoms with Gasteiger partial charge in [0.2, 0.25) is 5.91 Å². The minimum atomic E-state index is -0.302. The predicted octanol–water partition coefficient (Wildman–Crippen LogP) is 2.07. The van der Waals surface area contributed by atoms with Gasteiger partial charge in [-0.05, 0) is 31.2 Å². The number of aryl methyl sites for hydroxylation is 1. The molecule has 2 heterocycles. The lowest BCUT2D eigenvalue weighted by atomic mass is 10.1. The number of rotatable bonds is 6. The largest absolute Gasteiger partial charge is 0.339 e. The Hall–Kier alpha value is -2.19. The summed E-state index contributed by atoms with van der Waals surface area (Å²) in [6.07, 6.45) is 0.400. The van der Waals surface area contributed by atoms with Crippen molar-refractivity contribution in [3.8, 4) is 0 Å². The van der Waals surface area contributed by atoms with Gasteiger partial charge in [0.05, 0.1) is 5.75 Å². The monoisotopic (exact) mass is 418 g/mol. The zero-order chi connectivity index (χ0) is 21.0. The van der Waals surface area contributed by atoms with E-state index in [-0.39, 0.29) is 23.0 Å². The molecule has 1 saturated heterocycles. The van der Waals surface area contributed by atoms with E-state index in [0.717, 1.165) is 38.3 Å². The van der Waals surface area contributed by atoms with Gasteiger partial charge in [0.1, 0.15) is 5.82 Å². The first-order valence-corrected chi connectivity index (χ1v) is 10.8. The molecule has 0 aliphatic carbocycles. The molecule has 1 fully saturated rings. The summed E-state index contributed by atoms with van der Waals surface area (Å²) < 4.78 is 14.6. The quantitative estimate of drug-likeness (QED) is 0.531. The van der Waals surface area contributed by atoms with Gasteiger partial charge in [-0.1, -0.05) is 30.8 Å². The summed E-state index contributed by atoms with van der Waals surface area (Å²) in [6.45, 7) is 8.23. The van der Waals surface area contributed by atoms with Gasteiger partial charge < -0.3 is 9.80 Å². The number of hydrogen-bond acceptors (Lipinski definition) is 5. The van der Waals surface area contributed by atoms with Crippen molar-refractivity contribution in [2.24, 2.45) is 7.05 Å². The highest BCUT2D eigenvalue weighted by atomic mass is 32.2. The van der Waals surface area contributed by atoms with Crippen LogP contribution in [0.5, 0.6) is 0 Å². The highest BCUT2D eigenvalue weighted by Gasteiger charge is 2.21. The summed E-state index contributed by atoms with van der Waals surface area (Å²) in [4.78, 5) is 34.1. The summed E-state index contributed by atoms with van der Waals surface area (Å²) in [5, 5.41) is 0.538. The summed E-state index contributed by atoms with van der Waals surface area (Å²) in [5.41, 5.74) is 1.96. The molecular formula is C21H27FN4O2S. The molecule has 156 valence electrons. The smallest absolute Gasteiger partial charge is 0.257 e. The molecule has 0 unspecified atom stereocenters. The minimum Gasteiger partial charge on any atom is -0.339 e. The fraction of sp³-hybridized carbons (Fsp3) is 0.476. The molecular weight excluding hydrogens is 391 g/mol. The Balaban J connectivity index is 1.67. The van der Waals surface area contributed by atoms with Crippen LogP contribution in [0.1, 0.15) is 23.7 Å². The predicted molar refractivity (Wildman–Crippen MR) is 113 cm³/mol. The van der Waals surface area contributed by atoms with Crippen molar-refractivity contribution in [3.05, 3.63) is 57.3 Å². The molecule has 6 nitrogen and oxygen atoms in total. The Labute approximate surface area is 174 Å². The number of benzene rings is 1. The Morgan fingerprint density at radius 3 is 2.45 bits per heavy atom. The number of nitrogens with zero attached hydrogens (tertiary/aromatic N) is 4. The summed E-state index contributed by atoms with van der Waals surface area (Å²) in [6, 6.07) is 6.12. The lowest BCUT2D eigenvalue weighted by Gasteiger charge is -2.34. The normalized spacial score (nSPS) is 15.0. The number of aromatic nitrogens is 2. The molecule has 1 aromatic heterocycles. The van der Waals surface area contributed by atoms with Gasteiger partial charge in [-0.15, -0.1) is 0 Å². The van der Waals surface area contributed by atoms with Crippen LogP contribution in [0.4, 0.5) is 4.39 Å². The van der Waals surface area contributed by atoms with E-state index in [1.54, 1.807) is 26.1 Å². The molecule has 29 heavy (non-hydrogen) atoms. The van der Waals surface area contributed by atoms with Crippen molar-refractivity contribution in [2.45, 2.75) is 25.4 Å². The molecule has 0 saturated carbocycles. The van der Waals surface area contributed by atoms with Gasteiger partial charge in [0, 0.05) is 50.9 Å². The second-order valence-electron chi connectivity index (χ2n) is 7.23. The van der Waals surface area contributed by atoms with Crippen molar-refractivity contribution >= 4 is 17.7 Å². The molecule has 3 rings (SSSR count). The lowest BCUT2D eigenvalue weighted by molar-refractivity contribution is -0.130. The number of hydrogen-bond donors (Lipinski definition) is 0. The zero-order valence-electron chi connectivity index (χ0n) is 17.2. The van der Waals surface area contributed by atoms with Crippen molar-refractivity contribution in [1.82, 2.24) is 19.4 Å². The molecule has 0 spiro atoms. The van der Waals surface area contributed by atoms with Crippen LogP contribution in [-0.2, 0) is 18.3 Å². The van der Waals surface area contributed by atoms with Gasteiger partial charge in [0.25, 0.3) is 5.56 Å². The fourth-order valence-electron chi connectivity index (χ4n) is 3.40. The van der Waals surface area contributed by atoms with Crippen molar-refractivity contribution in [2.75, 3.05) is 38.5 Å². The van der Waals surface area contributed by atoms with Gasteiger partial charge in [-0.25, -0.2) is 9.37 Å². The van der Waals surface area contributed by atoms with Gasteiger partial charge in [-0.2, -0.15) is 0 Å². The van der Waals surface area contributed by atoms with E-state index in [1.165, 1.54) is 28.5 Å². The third-order valence-corrected chi connectivity index (χ3v) is 6.36. The standard InChI is InChI=1S/C21H27FN4O2S/c1-4-25-9-11-26(12-10-25)19(27)14-29-21-23-15(2)18(20(28)24(21)3)13-16-5-7-17(22)8-6-16/h5-8H,4,9-14H2,1-3H3. The maximum atomic E-state index is 13.1. The Morgan fingerprint density at radius 1 is 1.17 bits per heavy atom. The number of piperazine rings is 1. The Kier molecular flexibility index (Phi) is 7.08. The fourth-order valence-corrected chi connectivity index (χ4v) is 4.31. The topological polar surface area (TPSA) is 58.4 Å². The molecule has 0 atom stereocenters. The second kappa shape index (κ2) is 9.54. The van der Waals surface area contributed by atoms with Crippen molar-refractivity contribution in [3.63, 3.8) is 0 Å². The van der Waals surface area contributed by atoms with Crippen molar-refractivity contribution < 1.29 is 9.18 Å². The average Bonchev–Trinajstić information content (AvgIpc) is 2.74. The van der Waals surface area contributed by atoms with Crippen LogP contribution in [0, 0.1) is 12.7 Å². The first kappa shape index (κ1) is 21.5. The van der Waals surface area contributed by atoms with E-state index in [0.29, 0.717) is 22.8 Å². The van der Waals surface area contributed by atoms with E-state index in [9.17, 15) is 14.0 Å². The third-order valence-electron chi connectivity index (χ3n) is 5.34. The zero-order valence-corrected chi connectivity index (χ0v) is 18.0. The Morgan fingerprint density at radius 2 is 1.83 bits per heavy atom. The highest BCUT2D eigenvalue weighted by Crippen LogP contribution is 2.18. The van der Waals surface area contributed by atoms with Crippen LogP contribution in [0.2, 0.25) is 0 Å². The van der Waals surface area contributed by atoms with Gasteiger partial charge in [-0.3, -0.25) is 14.2 Å². The third kappa shape index (κ3) is 5.25. The van der Waals surface area contributed by atoms with Crippen LogP contribution < -0.4 is 5.56 Å². The maximum Gasteiger partial charge on any atom is 0.257 e. The average molecular weight is 419 g/mol. The van der Waals surface area contributed by atoms with E-state index in [4.69, 9.17) is 0 Å². The summed E-state index contributed by atoms with van der Waals surface area (Å²) in [7, 11) is 1.68. The van der Waals surface area contributed by atoms with E-state index < -0.39 is 0 Å². The highest BCUT2D eigenvalue weighted by molar-refractivity contribution is 7.99. The number of amides is 1. The second-order valence-corrected chi connectivity index (χ2v) is 8.17. The minimum absolute atomic E-state index is 0.0769. The Bertz CT molecular complexity index is 922. The summed E-state index contributed by atoms with van der Waals surface area (Å²) >= 11 is 1.30. The molecule has 1 aromatic carbocycles. The molecule has 1 amide bonds. The number of likely N-dealkylation sites (N-methyl/N-ethyl adjacent to an activating group) is 1. The maximum absolute atomic E-state index is 13.1. The number of thioether (sulfide) groups is 1.